The summed E-state index contributed by atoms with van der Waals surface area (Å²) in [7, 11) is 0. The molecule has 3 aliphatic rings. The summed E-state index contributed by atoms with van der Waals surface area (Å²) in [5, 5.41) is 9.37. The smallest absolute Gasteiger partial charge is 0.255 e. The first-order valence-corrected chi connectivity index (χ1v) is 6.28. The summed E-state index contributed by atoms with van der Waals surface area (Å²) < 4.78 is 26.4. The van der Waals surface area contributed by atoms with E-state index in [4.69, 9.17) is 0 Å². The summed E-state index contributed by atoms with van der Waals surface area (Å²) in [5.74, 6) is -2.46. The molecule has 1 N–H and O–H groups in total. The maximum atomic E-state index is 13.2. The molecule has 1 spiro atoms. The van der Waals surface area contributed by atoms with Gasteiger partial charge in [0.1, 0.15) is 0 Å². The molecule has 1 aliphatic carbocycles. The molecule has 0 aromatic carbocycles. The summed E-state index contributed by atoms with van der Waals surface area (Å²) >= 11 is 0. The second kappa shape index (κ2) is 3.64. The normalized spacial score (nSPS) is 44.1. The number of halogens is 2. The summed E-state index contributed by atoms with van der Waals surface area (Å²) in [6.07, 6.45) is 2.48. The highest BCUT2D eigenvalue weighted by Gasteiger charge is 2.76. The first kappa shape index (κ1) is 12.2. The number of aliphatic hydroxyl groups excluding tert-OH is 1. The van der Waals surface area contributed by atoms with E-state index in [-0.39, 0.29) is 18.6 Å². The molecule has 94 valence electrons. The Morgan fingerprint density at radius 3 is 2.31 bits per heavy atom. The highest BCUT2D eigenvalue weighted by molar-refractivity contribution is 5.21. The molecule has 1 saturated carbocycles. The van der Waals surface area contributed by atoms with Crippen molar-refractivity contribution in [2.75, 3.05) is 19.7 Å². The van der Waals surface area contributed by atoms with Crippen LogP contribution in [-0.2, 0) is 0 Å². The third kappa shape index (κ3) is 1.42. The number of rotatable bonds is 1. The van der Waals surface area contributed by atoms with E-state index < -0.39 is 11.3 Å². The van der Waals surface area contributed by atoms with E-state index in [1.54, 1.807) is 0 Å². The largest absolute Gasteiger partial charge is 0.394 e. The predicted octanol–water partition coefficient (Wildman–Crippen LogP) is 2.27. The Morgan fingerprint density at radius 2 is 1.88 bits per heavy atom. The first-order valence-electron chi connectivity index (χ1n) is 6.28. The van der Waals surface area contributed by atoms with Gasteiger partial charge in [-0.3, -0.25) is 4.90 Å². The summed E-state index contributed by atoms with van der Waals surface area (Å²) in [6.45, 7) is 5.43. The Bertz CT molecular complexity index is 284. The van der Waals surface area contributed by atoms with Crippen molar-refractivity contribution in [3.63, 3.8) is 0 Å². The van der Waals surface area contributed by atoms with Crippen molar-refractivity contribution in [1.82, 2.24) is 4.90 Å². The minimum atomic E-state index is -2.46. The van der Waals surface area contributed by atoms with E-state index in [1.807, 2.05) is 13.8 Å². The van der Waals surface area contributed by atoms with E-state index in [9.17, 15) is 13.9 Å². The van der Waals surface area contributed by atoms with Crippen LogP contribution >= 0.6 is 0 Å². The van der Waals surface area contributed by atoms with Crippen LogP contribution in [0.2, 0.25) is 0 Å². The van der Waals surface area contributed by atoms with Crippen LogP contribution in [0.4, 0.5) is 8.78 Å². The van der Waals surface area contributed by atoms with Crippen molar-refractivity contribution < 1.29 is 13.9 Å². The molecule has 2 aliphatic heterocycles. The van der Waals surface area contributed by atoms with Gasteiger partial charge in [-0.15, -0.1) is 0 Å². The summed E-state index contributed by atoms with van der Waals surface area (Å²) in [5.41, 5.74) is -1.06. The molecule has 0 aromatic rings. The van der Waals surface area contributed by atoms with Gasteiger partial charge in [0, 0.05) is 18.5 Å². The molecule has 0 aromatic heterocycles. The lowest BCUT2D eigenvalue weighted by atomic mass is 9.89. The van der Waals surface area contributed by atoms with Gasteiger partial charge in [0.05, 0.1) is 12.0 Å². The van der Waals surface area contributed by atoms with Gasteiger partial charge in [0.25, 0.3) is 5.92 Å². The van der Waals surface area contributed by atoms with Gasteiger partial charge < -0.3 is 5.11 Å². The molecule has 2 nitrogen and oxygen atoms in total. The van der Waals surface area contributed by atoms with Crippen LogP contribution in [0, 0.1) is 5.41 Å². The maximum absolute atomic E-state index is 13.2. The maximum Gasteiger partial charge on any atom is 0.255 e. The Labute approximate surface area is 95.6 Å². The van der Waals surface area contributed by atoms with Gasteiger partial charge in [-0.1, -0.05) is 13.8 Å². The van der Waals surface area contributed by atoms with Gasteiger partial charge in [-0.05, 0) is 25.8 Å². The molecule has 1 unspecified atom stereocenters. The van der Waals surface area contributed by atoms with Gasteiger partial charge in [-0.25, -0.2) is 8.78 Å². The van der Waals surface area contributed by atoms with Crippen molar-refractivity contribution in [3.05, 3.63) is 0 Å². The lowest BCUT2D eigenvalue weighted by Gasteiger charge is -2.29. The van der Waals surface area contributed by atoms with Crippen molar-refractivity contribution in [1.29, 1.82) is 0 Å². The van der Waals surface area contributed by atoms with Crippen molar-refractivity contribution in [3.8, 4) is 0 Å². The number of fused-ring (bicyclic) bond motifs is 1. The fourth-order valence-electron chi connectivity index (χ4n) is 3.47. The van der Waals surface area contributed by atoms with Gasteiger partial charge in [0.2, 0.25) is 0 Å². The van der Waals surface area contributed by atoms with E-state index >= 15 is 0 Å². The van der Waals surface area contributed by atoms with Crippen LogP contribution in [0.5, 0.6) is 0 Å². The molecule has 16 heavy (non-hydrogen) atoms. The van der Waals surface area contributed by atoms with E-state index in [2.05, 4.69) is 4.90 Å². The highest BCUT2D eigenvalue weighted by atomic mass is 19.3. The topological polar surface area (TPSA) is 23.5 Å². The second-order valence-electron chi connectivity index (χ2n) is 5.25. The zero-order valence-electron chi connectivity index (χ0n) is 10.1. The summed E-state index contributed by atoms with van der Waals surface area (Å²) in [6, 6.07) is 0. The minimum absolute atomic E-state index is 0.0399. The average Bonchev–Trinajstić information content (AvgIpc) is 2.57. The highest BCUT2D eigenvalue weighted by Crippen LogP contribution is 2.69. The van der Waals surface area contributed by atoms with Crippen molar-refractivity contribution in [2.24, 2.45) is 5.41 Å². The molecule has 2 heterocycles. The molecule has 3 rings (SSSR count). The Hall–Kier alpha value is -0.220. The molecule has 0 radical (unpaired) electrons. The fraction of sp³-hybridized carbons (Fsp3) is 1.00. The molecule has 3 fully saturated rings. The minimum Gasteiger partial charge on any atom is -0.394 e. The molecular weight excluding hydrogens is 212 g/mol. The third-order valence-corrected chi connectivity index (χ3v) is 4.41. The first-order chi connectivity index (χ1) is 7.54. The van der Waals surface area contributed by atoms with E-state index in [0.29, 0.717) is 13.0 Å². The van der Waals surface area contributed by atoms with Gasteiger partial charge in [0.15, 0.2) is 0 Å². The molecule has 4 heteroatoms. The average molecular weight is 233 g/mol. The second-order valence-corrected chi connectivity index (χ2v) is 5.25. The number of aliphatic hydroxyl groups is 1. The molecule has 2 saturated heterocycles. The standard InChI is InChI=1S/C10H15F2NO.C2H6/c11-10(12)5-8(10)4-9(7-14)2-1-3-13(9)6-8;1-2/h14H,1-7H2;1-2H3/t8?,9-;/m0./s1. The number of hydrogen-bond donors (Lipinski definition) is 1. The fourth-order valence-corrected chi connectivity index (χ4v) is 3.47. The molecule has 0 bridgehead atoms. The molecule has 2 atom stereocenters. The summed E-state index contributed by atoms with van der Waals surface area (Å²) in [4.78, 5) is 2.09. The predicted molar refractivity (Wildman–Crippen MR) is 58.6 cm³/mol. The molecular formula is C12H21F2NO. The number of hydrogen-bond acceptors (Lipinski definition) is 2. The lowest BCUT2D eigenvalue weighted by Crippen LogP contribution is -2.41. The zero-order chi connectivity index (χ0) is 12.0. The van der Waals surface area contributed by atoms with Crippen molar-refractivity contribution >= 4 is 0 Å². The van der Waals surface area contributed by atoms with E-state index in [1.165, 1.54) is 0 Å². The quantitative estimate of drug-likeness (QED) is 0.751. The third-order valence-electron chi connectivity index (χ3n) is 4.41. The van der Waals surface area contributed by atoms with Crippen LogP contribution in [0.3, 0.4) is 0 Å². The van der Waals surface area contributed by atoms with Crippen LogP contribution in [-0.4, -0.2) is 41.2 Å². The zero-order valence-corrected chi connectivity index (χ0v) is 10.1. The number of nitrogens with zero attached hydrogens (tertiary/aromatic N) is 1. The van der Waals surface area contributed by atoms with Gasteiger partial charge >= 0.3 is 0 Å². The van der Waals surface area contributed by atoms with Crippen LogP contribution in [0.1, 0.15) is 39.5 Å². The van der Waals surface area contributed by atoms with Gasteiger partial charge in [-0.2, -0.15) is 0 Å². The number of alkyl halides is 2. The van der Waals surface area contributed by atoms with Crippen molar-refractivity contribution in [2.45, 2.75) is 51.0 Å². The van der Waals surface area contributed by atoms with E-state index in [0.717, 1.165) is 19.4 Å². The van der Waals surface area contributed by atoms with Crippen LogP contribution < -0.4 is 0 Å². The monoisotopic (exact) mass is 233 g/mol. The lowest BCUT2D eigenvalue weighted by molar-refractivity contribution is 0.0644. The molecule has 0 amide bonds. The van der Waals surface area contributed by atoms with Crippen LogP contribution in [0.15, 0.2) is 0 Å². The SMILES string of the molecule is CC.OC[C@@]12CCCN1CC1(CC1(F)F)C2. The van der Waals surface area contributed by atoms with Crippen LogP contribution in [0.25, 0.3) is 0 Å². The Morgan fingerprint density at radius 1 is 1.25 bits per heavy atom. The Balaban J connectivity index is 0.000000457. The Kier molecular flexibility index (Phi) is 2.78.